The third kappa shape index (κ3) is 16.4. The summed E-state index contributed by atoms with van der Waals surface area (Å²) >= 11 is 0. The number of hydrogen-bond donors (Lipinski definition) is 2. The Bertz CT molecular complexity index is 3210. The number of amides is 4. The van der Waals surface area contributed by atoms with Gasteiger partial charge in [-0.3, -0.25) is 9.59 Å². The van der Waals surface area contributed by atoms with Crippen LogP contribution in [0.25, 0.3) is 22.1 Å². The van der Waals surface area contributed by atoms with Crippen molar-refractivity contribution in [2.24, 2.45) is 34.5 Å². The van der Waals surface area contributed by atoms with Gasteiger partial charge in [-0.15, -0.1) is 0 Å². The topological polar surface area (TPSA) is 240 Å². The standard InChI is InChI=1S/C35H47N4O6.C33H43N4O6.2V/c1-5-24-28(20-40)39-19-30(24)44-32-26(36-25-17-16-23(18-27(25)37-32)43-22-14-15-22)12-8-6-7-10-21-11-9-13-29(21)45-34(42)38-31(33(39)41)35(2,3)4;1-5-22-26(18-38)37-17-28(22)42-30-24(34-23-14-13-21(16-25(23)35-30)41-20-11-12-20)10-8-6-7-9-19-15-27(19)43-32(40)36-29(31(37)39)33(2,3)4;;/h16-18,21-22,24,28-31H,5-15,19H2,1-4H3,(H,38,42);13-14,16,19-20,22,26-29H,5-12,15,17H2,1-4H3,(H,36,40);;/q2*-1;;/t21-,24+,28-,29-,30+,31-;19-,22+,26-,27-,28+,29-;;/m11../s1. The summed E-state index contributed by atoms with van der Waals surface area (Å²) in [5, 5.41) is 5.72. The largest absolute Gasteiger partial charge is 0.540 e. The van der Waals surface area contributed by atoms with Crippen molar-refractivity contribution >= 4 is 58.6 Å². The SMILES string of the molecule is CC[C@@H]1[C@@H]2CN(C(=O)[C@H](C(C)(C)C)NC(=O)O[C@@H]3CCC[C@H]3CCCCCc3nc4ccc(OC5CC5)cc4nc3O2)[C@@H]1[C-]=O.CC[C@@H]1[C@@H]2CN(C(=O)[C@H](C(C)(C)C)NC(=O)O[C@@H]3C[C@H]3CCCCCc3nc4ccc(OC5CC5)cc4nc3O2)[C@@H]1[C-]=O.[V].[V]. The number of carbonyl (C=O) groups is 4. The summed E-state index contributed by atoms with van der Waals surface area (Å²) in [6.07, 6.45) is 20.9. The van der Waals surface area contributed by atoms with E-state index in [0.29, 0.717) is 60.3 Å². The molecule has 8 aliphatic rings. The van der Waals surface area contributed by atoms with Crippen molar-refractivity contribution in [2.75, 3.05) is 13.1 Å². The molecule has 0 spiro atoms. The third-order valence-corrected chi connectivity index (χ3v) is 19.2. The van der Waals surface area contributed by atoms with Crippen LogP contribution in [0.4, 0.5) is 9.59 Å². The summed E-state index contributed by atoms with van der Waals surface area (Å²) in [5.74, 6) is 1.80. The van der Waals surface area contributed by atoms with Crippen molar-refractivity contribution in [2.45, 2.75) is 245 Å². The Kier molecular flexibility index (Phi) is 22.5. The molecule has 90 heavy (non-hydrogen) atoms. The van der Waals surface area contributed by atoms with E-state index < -0.39 is 59.4 Å². The Balaban J connectivity index is 0.000000209. The van der Waals surface area contributed by atoms with Gasteiger partial charge in [-0.2, -0.15) is 0 Å². The van der Waals surface area contributed by atoms with Crippen molar-refractivity contribution in [3.63, 3.8) is 0 Å². The van der Waals surface area contributed by atoms with Crippen LogP contribution in [-0.2, 0) is 78.6 Å². The number of fused-ring (bicyclic) bond motifs is 10. The molecule has 6 heterocycles. The van der Waals surface area contributed by atoms with E-state index in [2.05, 4.69) is 23.2 Å². The van der Waals surface area contributed by atoms with Crippen LogP contribution >= 0.6 is 0 Å². The minimum atomic E-state index is -0.892. The molecule has 12 rings (SSSR count). The second-order valence-electron chi connectivity index (χ2n) is 28.1. The van der Waals surface area contributed by atoms with Crippen molar-refractivity contribution in [3.05, 3.63) is 47.8 Å². The molecule has 0 unspecified atom stereocenters. The molecule has 22 heteroatoms. The van der Waals surface area contributed by atoms with Crippen molar-refractivity contribution in [3.8, 4) is 23.3 Å². The average Bonchev–Trinajstić information content (AvgIpc) is 1.74. The molecule has 4 aliphatic carbocycles. The van der Waals surface area contributed by atoms with Crippen molar-refractivity contribution in [1.82, 2.24) is 40.4 Å². The molecular formula is C68H90N8O12V2-2. The zero-order chi connectivity index (χ0) is 62.0. The van der Waals surface area contributed by atoms with Crippen LogP contribution < -0.4 is 29.6 Å². The summed E-state index contributed by atoms with van der Waals surface area (Å²) < 4.78 is 36.9. The van der Waals surface area contributed by atoms with Crippen LogP contribution in [0.3, 0.4) is 0 Å². The molecule has 12 atom stereocenters. The van der Waals surface area contributed by atoms with E-state index in [9.17, 15) is 28.8 Å². The molecule has 6 fully saturated rings. The Morgan fingerprint density at radius 1 is 0.511 bits per heavy atom. The second-order valence-corrected chi connectivity index (χ2v) is 28.1. The summed E-state index contributed by atoms with van der Waals surface area (Å²) in [6, 6.07) is 8.22. The summed E-state index contributed by atoms with van der Waals surface area (Å²) in [5.41, 5.74) is 3.26. The molecular weight excluding hydrogens is 1220 g/mol. The van der Waals surface area contributed by atoms with Crippen LogP contribution in [0.1, 0.15) is 182 Å². The monoisotopic (exact) mass is 1310 g/mol. The fraction of sp³-hybridized carbons (Fsp3) is 0.676. The molecule has 2 saturated heterocycles. The van der Waals surface area contributed by atoms with Gasteiger partial charge in [0.15, 0.2) is 0 Å². The predicted octanol–water partition coefficient (Wildman–Crippen LogP) is 10.6. The quantitative estimate of drug-likeness (QED) is 0.156. The Morgan fingerprint density at radius 3 is 1.37 bits per heavy atom. The first-order valence-corrected chi connectivity index (χ1v) is 32.9. The van der Waals surface area contributed by atoms with Crippen LogP contribution in [0.2, 0.25) is 0 Å². The molecule has 4 saturated carbocycles. The second kappa shape index (κ2) is 29.5. The van der Waals surface area contributed by atoms with Crippen LogP contribution in [0.15, 0.2) is 36.4 Å². The number of nitrogens with one attached hydrogen (secondary N) is 2. The normalized spacial score (nSPS) is 29.4. The smallest absolute Gasteiger partial charge is 0.408 e. The molecule has 2 aromatic heterocycles. The number of ether oxygens (including phenoxy) is 6. The molecule has 4 aliphatic heterocycles. The molecule has 2 N–H and O–H groups in total. The van der Waals surface area contributed by atoms with Crippen LogP contribution in [0, 0.1) is 34.5 Å². The fourth-order valence-electron chi connectivity index (χ4n) is 13.7. The molecule has 2 radical (unpaired) electrons. The zero-order valence-corrected chi connectivity index (χ0v) is 56.4. The molecule has 4 bridgehead atoms. The maximum absolute atomic E-state index is 14.2. The van der Waals surface area contributed by atoms with Crippen molar-refractivity contribution < 1.29 is 94.3 Å². The molecule has 20 nitrogen and oxygen atoms in total. The summed E-state index contributed by atoms with van der Waals surface area (Å²) in [4.78, 5) is 102. The average molecular weight is 1310 g/mol. The van der Waals surface area contributed by atoms with Crippen molar-refractivity contribution in [1.29, 1.82) is 0 Å². The van der Waals surface area contributed by atoms with Gasteiger partial charge in [0, 0.05) is 49.2 Å². The molecule has 2 aromatic carbocycles. The molecule has 4 amide bonds. The number of benzene rings is 2. The first kappa shape index (κ1) is 68.7. The number of rotatable bonds is 8. The van der Waals surface area contributed by atoms with E-state index in [0.717, 1.165) is 137 Å². The first-order chi connectivity index (χ1) is 42.3. The van der Waals surface area contributed by atoms with Crippen LogP contribution in [0.5, 0.6) is 23.3 Å². The summed E-state index contributed by atoms with van der Waals surface area (Å²) in [7, 11) is 0. The predicted molar refractivity (Wildman–Crippen MR) is 328 cm³/mol. The maximum atomic E-state index is 14.2. The number of aryl methyl sites for hydroxylation is 2. The van der Waals surface area contributed by atoms with E-state index in [1.807, 2.05) is 91.8 Å². The zero-order valence-electron chi connectivity index (χ0n) is 53.6. The molecule has 4 aromatic rings. The van der Waals surface area contributed by atoms with E-state index in [4.69, 9.17) is 48.4 Å². The van der Waals surface area contributed by atoms with E-state index in [1.165, 1.54) is 9.80 Å². The minimum absolute atomic E-state index is 0. The number of alkyl carbamates (subject to hydrolysis) is 2. The van der Waals surface area contributed by atoms with Gasteiger partial charge in [-0.05, 0) is 149 Å². The fourth-order valence-corrected chi connectivity index (χ4v) is 13.7. The first-order valence-electron chi connectivity index (χ1n) is 32.9. The van der Waals surface area contributed by atoms with Gasteiger partial charge < -0.3 is 58.4 Å². The minimum Gasteiger partial charge on any atom is -0.540 e. The van der Waals surface area contributed by atoms with Gasteiger partial charge in [0.2, 0.25) is 23.6 Å². The van der Waals surface area contributed by atoms with Gasteiger partial charge in [0.05, 0.1) is 47.4 Å². The van der Waals surface area contributed by atoms with E-state index in [1.54, 1.807) is 0 Å². The van der Waals surface area contributed by atoms with Gasteiger partial charge >= 0.3 is 12.2 Å². The van der Waals surface area contributed by atoms with E-state index in [-0.39, 0.29) is 98.3 Å². The van der Waals surface area contributed by atoms with E-state index >= 15 is 0 Å². The number of hydrogen-bond acceptors (Lipinski definition) is 16. The van der Waals surface area contributed by atoms with Gasteiger partial charge in [-0.1, -0.05) is 106 Å². The molecule has 486 valence electrons. The van der Waals surface area contributed by atoms with Gasteiger partial charge in [0.1, 0.15) is 59.4 Å². The summed E-state index contributed by atoms with van der Waals surface area (Å²) in [6.45, 7) is 15.7. The van der Waals surface area contributed by atoms with Gasteiger partial charge in [-0.25, -0.2) is 42.1 Å². The Hall–Kier alpha value is -5.69. The maximum Gasteiger partial charge on any atom is 0.408 e. The number of nitrogens with zero attached hydrogens (tertiary/aromatic N) is 6. The Labute approximate surface area is 553 Å². The number of carbonyl (C=O) groups excluding carboxylic acids is 6. The third-order valence-electron chi connectivity index (χ3n) is 19.2. The Morgan fingerprint density at radius 2 is 0.944 bits per heavy atom. The van der Waals surface area contributed by atoms with Crippen LogP contribution in [-0.4, -0.2) is 140 Å². The van der Waals surface area contributed by atoms with Gasteiger partial charge in [0.25, 0.3) is 0 Å². The number of aromatic nitrogens is 4.